The predicted octanol–water partition coefficient (Wildman–Crippen LogP) is 0.416. The van der Waals surface area contributed by atoms with Crippen LogP contribution in [-0.2, 0) is 23.8 Å². The van der Waals surface area contributed by atoms with Crippen molar-refractivity contribution >= 4 is 22.5 Å². The van der Waals surface area contributed by atoms with Gasteiger partial charge in [0.15, 0.2) is 0 Å². The van der Waals surface area contributed by atoms with Gasteiger partial charge < -0.3 is 15.7 Å². The van der Waals surface area contributed by atoms with E-state index in [0.717, 1.165) is 19.5 Å². The van der Waals surface area contributed by atoms with Crippen LogP contribution in [0.25, 0.3) is 0 Å². The fourth-order valence-corrected chi connectivity index (χ4v) is 3.66. The molecule has 2 heterocycles. The second kappa shape index (κ2) is 10.4. The molecule has 1 aliphatic heterocycles. The highest BCUT2D eigenvalue weighted by Crippen LogP contribution is 2.18. The zero-order valence-corrected chi connectivity index (χ0v) is 17.3. The lowest BCUT2D eigenvalue weighted by molar-refractivity contribution is 0.0838. The van der Waals surface area contributed by atoms with Crippen LogP contribution >= 0.6 is 0 Å². The molecule has 3 N–H and O–H groups in total. The number of aliphatic hydroxyl groups excluding tert-OH is 1. The Kier molecular flexibility index (Phi) is 7.68. The average Bonchev–Trinajstić information content (AvgIpc) is 2.72. The number of rotatable bonds is 9. The Labute approximate surface area is 173 Å². The normalized spacial score (nSPS) is 15.9. The van der Waals surface area contributed by atoms with Crippen molar-refractivity contribution in [2.45, 2.75) is 19.1 Å². The summed E-state index contributed by atoms with van der Waals surface area (Å²) in [5, 5.41) is 16.1. The molecule has 0 fully saturated rings. The minimum atomic E-state index is -0.894. The van der Waals surface area contributed by atoms with E-state index in [0.29, 0.717) is 24.7 Å². The van der Waals surface area contributed by atoms with Crippen LogP contribution in [0.15, 0.2) is 36.7 Å². The molecule has 0 radical (unpaired) electrons. The summed E-state index contributed by atoms with van der Waals surface area (Å²) in [6.45, 7) is 2.85. The van der Waals surface area contributed by atoms with Crippen molar-refractivity contribution in [2.75, 3.05) is 43.5 Å². The number of β-amino-alcohol motifs (C(OH)–C–C–N with tert-alkyl or cyclic N) is 1. The Balaban J connectivity index is 1.45. The Hall–Kier alpha value is -2.36. The first-order chi connectivity index (χ1) is 14.0. The van der Waals surface area contributed by atoms with Crippen LogP contribution in [0.4, 0.5) is 5.82 Å². The summed E-state index contributed by atoms with van der Waals surface area (Å²) in [7, 11) is -0.894. The van der Waals surface area contributed by atoms with Crippen molar-refractivity contribution in [3.05, 3.63) is 53.5 Å². The first-order valence-electron chi connectivity index (χ1n) is 9.62. The van der Waals surface area contributed by atoms with Crippen molar-refractivity contribution in [1.82, 2.24) is 20.2 Å². The second-order valence-corrected chi connectivity index (χ2v) is 8.66. The van der Waals surface area contributed by atoms with Gasteiger partial charge in [0.25, 0.3) is 5.91 Å². The molecule has 0 spiro atoms. The molecule has 2 unspecified atom stereocenters. The molecular formula is C20H27N5O3S. The van der Waals surface area contributed by atoms with Gasteiger partial charge in [0.2, 0.25) is 0 Å². The number of amides is 1. The molecule has 1 aromatic carbocycles. The van der Waals surface area contributed by atoms with Gasteiger partial charge in [0.1, 0.15) is 17.8 Å². The van der Waals surface area contributed by atoms with E-state index in [2.05, 4.69) is 43.7 Å². The maximum Gasteiger partial charge on any atom is 0.270 e. The molecular weight excluding hydrogens is 390 g/mol. The number of hydrogen-bond acceptors (Lipinski definition) is 7. The fourth-order valence-electron chi connectivity index (χ4n) is 3.27. The number of hydrogen-bond donors (Lipinski definition) is 3. The maximum atomic E-state index is 12.3. The summed E-state index contributed by atoms with van der Waals surface area (Å²) in [6, 6.07) is 9.90. The molecule has 3 rings (SSSR count). The maximum absolute atomic E-state index is 12.3. The molecule has 156 valence electrons. The lowest BCUT2D eigenvalue weighted by Crippen LogP contribution is -2.42. The average molecular weight is 418 g/mol. The lowest BCUT2D eigenvalue weighted by Gasteiger charge is -2.30. The van der Waals surface area contributed by atoms with Gasteiger partial charge in [0, 0.05) is 61.6 Å². The Morgan fingerprint density at radius 3 is 2.90 bits per heavy atom. The summed E-state index contributed by atoms with van der Waals surface area (Å²) >= 11 is 0. The van der Waals surface area contributed by atoms with Crippen LogP contribution in [0.3, 0.4) is 0 Å². The molecule has 2 aromatic rings. The number of carbonyl (C=O) groups is 1. The SMILES string of the molecule is CS(=O)CCNc1cc(C(=O)NCC(O)CN2CCc3ccccc3C2)ncn1. The van der Waals surface area contributed by atoms with Gasteiger partial charge in [-0.05, 0) is 17.5 Å². The summed E-state index contributed by atoms with van der Waals surface area (Å²) in [4.78, 5) is 22.6. The third-order valence-electron chi connectivity index (χ3n) is 4.77. The van der Waals surface area contributed by atoms with E-state index in [1.165, 1.54) is 17.5 Å². The zero-order chi connectivity index (χ0) is 20.6. The molecule has 29 heavy (non-hydrogen) atoms. The van der Waals surface area contributed by atoms with Crippen molar-refractivity contribution in [2.24, 2.45) is 0 Å². The molecule has 1 aromatic heterocycles. The van der Waals surface area contributed by atoms with Crippen molar-refractivity contribution in [1.29, 1.82) is 0 Å². The van der Waals surface area contributed by atoms with E-state index in [9.17, 15) is 14.1 Å². The summed E-state index contributed by atoms with van der Waals surface area (Å²) in [6.07, 6.45) is 3.25. The molecule has 0 saturated carbocycles. The molecule has 9 heteroatoms. The minimum Gasteiger partial charge on any atom is -0.390 e. The third-order valence-corrected chi connectivity index (χ3v) is 5.55. The topological polar surface area (TPSA) is 107 Å². The van der Waals surface area contributed by atoms with Gasteiger partial charge in [0.05, 0.1) is 6.10 Å². The first kappa shape index (κ1) is 21.4. The number of aromatic nitrogens is 2. The summed E-state index contributed by atoms with van der Waals surface area (Å²) < 4.78 is 11.1. The number of aliphatic hydroxyl groups is 1. The molecule has 0 aliphatic carbocycles. The van der Waals surface area contributed by atoms with Crippen molar-refractivity contribution in [3.63, 3.8) is 0 Å². The van der Waals surface area contributed by atoms with E-state index >= 15 is 0 Å². The molecule has 0 bridgehead atoms. The van der Waals surface area contributed by atoms with E-state index in [4.69, 9.17) is 0 Å². The number of nitrogens with zero attached hydrogens (tertiary/aromatic N) is 3. The molecule has 1 amide bonds. The van der Waals surface area contributed by atoms with Crippen molar-refractivity contribution in [3.8, 4) is 0 Å². The highest BCUT2D eigenvalue weighted by atomic mass is 32.2. The van der Waals surface area contributed by atoms with Gasteiger partial charge in [-0.15, -0.1) is 0 Å². The minimum absolute atomic E-state index is 0.151. The van der Waals surface area contributed by atoms with Gasteiger partial charge in [-0.25, -0.2) is 9.97 Å². The van der Waals surface area contributed by atoms with Crippen LogP contribution in [0.5, 0.6) is 0 Å². The van der Waals surface area contributed by atoms with E-state index in [1.54, 1.807) is 12.3 Å². The molecule has 8 nitrogen and oxygen atoms in total. The van der Waals surface area contributed by atoms with Crippen LogP contribution in [0, 0.1) is 0 Å². The van der Waals surface area contributed by atoms with Crippen molar-refractivity contribution < 1.29 is 14.1 Å². The predicted molar refractivity (Wildman–Crippen MR) is 113 cm³/mol. The number of nitrogens with one attached hydrogen (secondary N) is 2. The van der Waals surface area contributed by atoms with Gasteiger partial charge in [-0.2, -0.15) is 0 Å². The Morgan fingerprint density at radius 2 is 2.10 bits per heavy atom. The highest BCUT2D eigenvalue weighted by molar-refractivity contribution is 7.84. The van der Waals surface area contributed by atoms with E-state index < -0.39 is 16.9 Å². The third kappa shape index (κ3) is 6.59. The van der Waals surface area contributed by atoms with Crippen LogP contribution in [0.2, 0.25) is 0 Å². The summed E-state index contributed by atoms with van der Waals surface area (Å²) in [5.41, 5.74) is 2.88. The Bertz CT molecular complexity index is 864. The standard InChI is InChI=1S/C20H27N5O3S/c1-29(28)9-7-21-19-10-18(23-14-24-19)20(27)22-11-17(26)13-25-8-6-15-4-2-3-5-16(15)12-25/h2-5,10,14,17,26H,6-9,11-13H2,1H3,(H,22,27)(H,21,23,24). The largest absolute Gasteiger partial charge is 0.390 e. The number of anilines is 1. The second-order valence-electron chi connectivity index (χ2n) is 7.11. The van der Waals surface area contributed by atoms with Gasteiger partial charge >= 0.3 is 0 Å². The van der Waals surface area contributed by atoms with E-state index in [1.807, 2.05) is 6.07 Å². The van der Waals surface area contributed by atoms with Gasteiger partial charge in [-0.1, -0.05) is 24.3 Å². The summed E-state index contributed by atoms with van der Waals surface area (Å²) in [5.74, 6) is 0.638. The fraction of sp³-hybridized carbons (Fsp3) is 0.450. The van der Waals surface area contributed by atoms with Crippen LogP contribution in [0.1, 0.15) is 21.6 Å². The monoisotopic (exact) mass is 417 g/mol. The quantitative estimate of drug-likeness (QED) is 0.543. The Morgan fingerprint density at radius 1 is 1.31 bits per heavy atom. The lowest BCUT2D eigenvalue weighted by atomic mass is 10.00. The van der Waals surface area contributed by atoms with Crippen LogP contribution in [-0.4, -0.2) is 74.4 Å². The molecule has 1 aliphatic rings. The molecule has 2 atom stereocenters. The van der Waals surface area contributed by atoms with E-state index in [-0.39, 0.29) is 18.1 Å². The van der Waals surface area contributed by atoms with Crippen LogP contribution < -0.4 is 10.6 Å². The first-order valence-corrected chi connectivity index (χ1v) is 11.4. The van der Waals surface area contributed by atoms with Gasteiger partial charge in [-0.3, -0.25) is 13.9 Å². The zero-order valence-electron chi connectivity index (χ0n) is 16.5. The highest BCUT2D eigenvalue weighted by Gasteiger charge is 2.19. The number of fused-ring (bicyclic) bond motifs is 1. The number of carbonyl (C=O) groups excluding carboxylic acids is 1. The smallest absolute Gasteiger partial charge is 0.270 e. The number of benzene rings is 1. The molecule has 0 saturated heterocycles.